The van der Waals surface area contributed by atoms with E-state index in [1.807, 2.05) is 17.5 Å². The van der Waals surface area contributed by atoms with Crippen molar-refractivity contribution in [2.24, 2.45) is 5.10 Å². The second-order valence-electron chi connectivity index (χ2n) is 5.61. The zero-order valence-corrected chi connectivity index (χ0v) is 17.6. The molecule has 0 unspecified atom stereocenters. The average Bonchev–Trinajstić information content (AvgIpc) is 3.08. The van der Waals surface area contributed by atoms with Gasteiger partial charge in [0.1, 0.15) is 0 Å². The van der Waals surface area contributed by atoms with E-state index in [1.165, 1.54) is 4.90 Å². The van der Waals surface area contributed by atoms with Gasteiger partial charge in [-0.1, -0.05) is 40.9 Å². The highest BCUT2D eigenvalue weighted by atomic mass is 35.6. The van der Waals surface area contributed by atoms with Gasteiger partial charge in [0, 0.05) is 4.88 Å². The highest BCUT2D eigenvalue weighted by Crippen LogP contribution is 2.36. The maximum atomic E-state index is 5.97. The Morgan fingerprint density at radius 2 is 2.00 bits per heavy atom. The molecule has 0 bridgehead atoms. The van der Waals surface area contributed by atoms with Gasteiger partial charge in [-0.05, 0) is 11.4 Å². The highest BCUT2D eigenvalue weighted by Gasteiger charge is 2.30. The third-order valence-corrected chi connectivity index (χ3v) is 4.99. The fraction of sp³-hybridized carbons (Fsp3) is 0.429. The quantitative estimate of drug-likeness (QED) is 0.334. The van der Waals surface area contributed by atoms with Gasteiger partial charge in [-0.3, -0.25) is 0 Å². The van der Waals surface area contributed by atoms with Crippen molar-refractivity contribution >= 4 is 64.3 Å². The van der Waals surface area contributed by atoms with E-state index in [2.05, 4.69) is 37.4 Å². The zero-order valence-electron chi connectivity index (χ0n) is 13.8. The molecule has 2 N–H and O–H groups in total. The maximum Gasteiger partial charge on any atom is 0.250 e. The van der Waals surface area contributed by atoms with Crippen molar-refractivity contribution in [2.45, 2.75) is 3.79 Å². The summed E-state index contributed by atoms with van der Waals surface area (Å²) >= 11 is 19.5. The van der Waals surface area contributed by atoms with Crippen LogP contribution in [0.4, 0.5) is 11.9 Å². The second-order valence-corrected chi connectivity index (χ2v) is 8.87. The van der Waals surface area contributed by atoms with E-state index in [0.717, 1.165) is 31.1 Å². The molecule has 3 heterocycles. The molecule has 0 aromatic carbocycles. The first kappa shape index (κ1) is 21.4. The molecule has 142 valence electrons. The average molecular weight is 457 g/mol. The Labute approximate surface area is 176 Å². The van der Waals surface area contributed by atoms with E-state index in [1.54, 1.807) is 17.6 Å². The number of hydrogen-bond donors (Lipinski definition) is 2. The molecule has 0 radical (unpaired) electrons. The number of anilines is 2. The van der Waals surface area contributed by atoms with Crippen LogP contribution in [0.5, 0.6) is 0 Å². The summed E-state index contributed by atoms with van der Waals surface area (Å²) in [5.41, 5.74) is 2.79. The lowest BCUT2D eigenvalue weighted by Crippen LogP contribution is -3.12. The standard InChI is InChI=1S/C14H16Cl3N7S.ClH/c1-23-4-6-24(7-5-23)13-20-11(14(15,16)17)19-12(21-13)22-18-9-10-3-2-8-25-10;/h2-3,8-9H,4-7H2,1H3,(H,19,20,21,22);1H/b18-9+;. The predicted molar refractivity (Wildman–Crippen MR) is 103 cm³/mol. The molecule has 2 aromatic heterocycles. The Hall–Kier alpha value is -0.900. The fourth-order valence-corrected chi connectivity index (χ4v) is 3.13. The van der Waals surface area contributed by atoms with Crippen molar-refractivity contribution in [2.75, 3.05) is 43.6 Å². The van der Waals surface area contributed by atoms with Crippen LogP contribution in [0.3, 0.4) is 0 Å². The predicted octanol–water partition coefficient (Wildman–Crippen LogP) is -1.46. The maximum absolute atomic E-state index is 5.97. The lowest BCUT2D eigenvalue weighted by molar-refractivity contribution is -0.880. The van der Waals surface area contributed by atoms with E-state index >= 15 is 0 Å². The molecule has 1 fully saturated rings. The highest BCUT2D eigenvalue weighted by molar-refractivity contribution is 7.11. The Morgan fingerprint density at radius 1 is 1.27 bits per heavy atom. The first-order valence-electron chi connectivity index (χ1n) is 7.64. The van der Waals surface area contributed by atoms with Gasteiger partial charge in [-0.2, -0.15) is 20.1 Å². The van der Waals surface area contributed by atoms with E-state index in [9.17, 15) is 0 Å². The van der Waals surface area contributed by atoms with Gasteiger partial charge < -0.3 is 22.2 Å². The van der Waals surface area contributed by atoms with Gasteiger partial charge in [0.05, 0.1) is 39.4 Å². The first-order valence-corrected chi connectivity index (χ1v) is 9.65. The minimum Gasteiger partial charge on any atom is -1.00 e. The van der Waals surface area contributed by atoms with Gasteiger partial charge in [-0.25, -0.2) is 5.43 Å². The van der Waals surface area contributed by atoms with Crippen molar-refractivity contribution in [3.8, 4) is 0 Å². The number of piperazine rings is 1. The molecule has 0 amide bonds. The number of nitrogens with zero attached hydrogens (tertiary/aromatic N) is 5. The van der Waals surface area contributed by atoms with Crippen LogP contribution < -0.4 is 27.6 Å². The fourth-order valence-electron chi connectivity index (χ4n) is 2.29. The molecule has 7 nitrogen and oxygen atoms in total. The first-order chi connectivity index (χ1) is 11.9. The number of likely N-dealkylation sites (N-methyl/N-ethyl adjacent to an activating group) is 1. The number of halogens is 4. The Kier molecular flexibility index (Phi) is 7.69. The topological polar surface area (TPSA) is 70.7 Å². The summed E-state index contributed by atoms with van der Waals surface area (Å²) in [5.74, 6) is 0.797. The minimum atomic E-state index is -1.73. The lowest BCUT2D eigenvalue weighted by atomic mass is 10.3. The molecule has 0 spiro atoms. The van der Waals surface area contributed by atoms with Crippen LogP contribution in [0.1, 0.15) is 10.7 Å². The summed E-state index contributed by atoms with van der Waals surface area (Å²) < 4.78 is -1.73. The van der Waals surface area contributed by atoms with Crippen molar-refractivity contribution in [1.82, 2.24) is 15.0 Å². The van der Waals surface area contributed by atoms with Gasteiger partial charge >= 0.3 is 0 Å². The molecule has 0 aliphatic carbocycles. The van der Waals surface area contributed by atoms with Crippen molar-refractivity contribution in [3.63, 3.8) is 0 Å². The molecule has 12 heteroatoms. The zero-order chi connectivity index (χ0) is 17.9. The Morgan fingerprint density at radius 3 is 2.62 bits per heavy atom. The van der Waals surface area contributed by atoms with Gasteiger partial charge in [0.25, 0.3) is 0 Å². The van der Waals surface area contributed by atoms with Crippen molar-refractivity contribution in [3.05, 3.63) is 28.2 Å². The Bertz CT molecular complexity index is 727. The Balaban J connectivity index is 0.00000243. The van der Waals surface area contributed by atoms with Crippen LogP contribution in [0, 0.1) is 0 Å². The number of nitrogens with one attached hydrogen (secondary N) is 2. The van der Waals surface area contributed by atoms with E-state index in [-0.39, 0.29) is 24.2 Å². The summed E-state index contributed by atoms with van der Waals surface area (Å²) in [6.45, 7) is 3.64. The van der Waals surface area contributed by atoms with Crippen LogP contribution in [0.25, 0.3) is 0 Å². The number of aromatic nitrogens is 3. The number of hydrogen-bond acceptors (Lipinski definition) is 7. The molecule has 2 aromatic rings. The van der Waals surface area contributed by atoms with Crippen LogP contribution in [0.2, 0.25) is 0 Å². The summed E-state index contributed by atoms with van der Waals surface area (Å²) in [6.07, 6.45) is 1.68. The van der Waals surface area contributed by atoms with Gasteiger partial charge in [0.2, 0.25) is 15.7 Å². The molecule has 0 atom stereocenters. The summed E-state index contributed by atoms with van der Waals surface area (Å²) in [5, 5.41) is 6.11. The van der Waals surface area contributed by atoms with Gasteiger partial charge in [-0.15, -0.1) is 11.3 Å². The number of alkyl halides is 3. The molecule has 1 saturated heterocycles. The molecule has 3 rings (SSSR count). The molecule has 0 saturated carbocycles. The molecular formula is C14H17Cl4N7S. The monoisotopic (exact) mass is 455 g/mol. The molecule has 26 heavy (non-hydrogen) atoms. The smallest absolute Gasteiger partial charge is 0.250 e. The number of thiophene rings is 1. The van der Waals surface area contributed by atoms with Gasteiger partial charge in [0.15, 0.2) is 5.82 Å². The molecule has 1 aliphatic rings. The summed E-state index contributed by atoms with van der Waals surface area (Å²) in [4.78, 5) is 17.4. The van der Waals surface area contributed by atoms with E-state index < -0.39 is 3.79 Å². The van der Waals surface area contributed by atoms with E-state index in [0.29, 0.717) is 5.95 Å². The van der Waals surface area contributed by atoms with Crippen LogP contribution in [-0.2, 0) is 3.79 Å². The van der Waals surface area contributed by atoms with Crippen molar-refractivity contribution in [1.29, 1.82) is 0 Å². The van der Waals surface area contributed by atoms with Crippen molar-refractivity contribution < 1.29 is 17.3 Å². The number of quaternary nitrogens is 1. The third kappa shape index (κ3) is 5.80. The second kappa shape index (κ2) is 9.34. The number of hydrazone groups is 1. The third-order valence-electron chi connectivity index (χ3n) is 3.68. The minimum absolute atomic E-state index is 0. The summed E-state index contributed by atoms with van der Waals surface area (Å²) in [6, 6.07) is 3.90. The normalized spacial score (nSPS) is 15.9. The van der Waals surface area contributed by atoms with Crippen LogP contribution >= 0.6 is 46.1 Å². The molecular weight excluding hydrogens is 440 g/mol. The van der Waals surface area contributed by atoms with E-state index in [4.69, 9.17) is 34.8 Å². The lowest BCUT2D eigenvalue weighted by Gasteiger charge is -2.30. The van der Waals surface area contributed by atoms with Crippen LogP contribution in [0.15, 0.2) is 22.6 Å². The SMILES string of the molecule is C[NH+]1CCN(c2nc(N/N=C/c3cccs3)nc(C(Cl)(Cl)Cl)n2)CC1.[Cl-]. The molecule has 1 aliphatic heterocycles. The number of rotatable bonds is 4. The summed E-state index contributed by atoms with van der Waals surface area (Å²) in [7, 11) is 2.16. The largest absolute Gasteiger partial charge is 1.00 e. The van der Waals surface area contributed by atoms with Crippen LogP contribution in [-0.4, -0.2) is 54.4 Å².